The highest BCUT2D eigenvalue weighted by Crippen LogP contribution is 2.40. The largest absolute Gasteiger partial charge is 0.480 e. The predicted octanol–water partition coefficient (Wildman–Crippen LogP) is 2.52. The van der Waals surface area contributed by atoms with Gasteiger partial charge in [0.1, 0.15) is 17.8 Å². The average molecular weight is 340 g/mol. The van der Waals surface area contributed by atoms with E-state index in [1.54, 1.807) is 44.3 Å². The summed E-state index contributed by atoms with van der Waals surface area (Å²) in [5, 5.41) is 9.58. The molecule has 1 fully saturated rings. The van der Waals surface area contributed by atoms with Crippen molar-refractivity contribution in [2.45, 2.75) is 32.0 Å². The quantitative estimate of drug-likeness (QED) is 0.818. The van der Waals surface area contributed by atoms with Gasteiger partial charge >= 0.3 is 5.97 Å². The SMILES string of the molecule is CC(C)[C@@H](C(=O)O)N1C(=O)[C@H](Oc2ccccc2)[C@@H]1c1ccccn1. The zero-order valence-corrected chi connectivity index (χ0v) is 14.1. The van der Waals surface area contributed by atoms with E-state index in [2.05, 4.69) is 4.98 Å². The first-order valence-corrected chi connectivity index (χ1v) is 8.18. The number of β-lactam (4-membered cyclic amide) rings is 1. The van der Waals surface area contributed by atoms with Crippen LogP contribution in [-0.4, -0.2) is 39.0 Å². The van der Waals surface area contributed by atoms with Crippen molar-refractivity contribution < 1.29 is 19.4 Å². The van der Waals surface area contributed by atoms with Crippen molar-refractivity contribution in [1.29, 1.82) is 0 Å². The van der Waals surface area contributed by atoms with Crippen LogP contribution in [0.25, 0.3) is 0 Å². The molecule has 2 heterocycles. The molecule has 1 aliphatic heterocycles. The topological polar surface area (TPSA) is 79.7 Å². The standard InChI is InChI=1S/C19H20N2O4/c1-12(2)15(19(23)24)21-16(14-10-6-7-11-20-14)17(18(21)22)25-13-8-4-3-5-9-13/h3-12,15-17H,1-2H3,(H,23,24)/t15-,16-,17+/m0/s1. The molecule has 0 aliphatic carbocycles. The van der Waals surface area contributed by atoms with Crippen molar-refractivity contribution >= 4 is 11.9 Å². The summed E-state index contributed by atoms with van der Waals surface area (Å²) in [6.07, 6.45) is 0.846. The van der Waals surface area contributed by atoms with E-state index in [0.717, 1.165) is 0 Å². The van der Waals surface area contributed by atoms with Crippen LogP contribution in [-0.2, 0) is 9.59 Å². The van der Waals surface area contributed by atoms with E-state index in [4.69, 9.17) is 4.74 Å². The molecule has 130 valence electrons. The number of carbonyl (C=O) groups excluding carboxylic acids is 1. The highest BCUT2D eigenvalue weighted by Gasteiger charge is 2.55. The van der Waals surface area contributed by atoms with Gasteiger partial charge in [-0.3, -0.25) is 9.78 Å². The van der Waals surface area contributed by atoms with Gasteiger partial charge < -0.3 is 14.7 Å². The van der Waals surface area contributed by atoms with E-state index in [1.165, 1.54) is 4.90 Å². The fourth-order valence-electron chi connectivity index (χ4n) is 3.13. The molecule has 1 aliphatic rings. The summed E-state index contributed by atoms with van der Waals surface area (Å²) in [6, 6.07) is 13.0. The third-order valence-corrected chi connectivity index (χ3v) is 4.27. The number of nitrogens with zero attached hydrogens (tertiary/aromatic N) is 2. The predicted molar refractivity (Wildman–Crippen MR) is 90.9 cm³/mol. The van der Waals surface area contributed by atoms with E-state index in [1.807, 2.05) is 24.3 Å². The van der Waals surface area contributed by atoms with Crippen LogP contribution in [0.5, 0.6) is 5.75 Å². The highest BCUT2D eigenvalue weighted by molar-refractivity contribution is 5.93. The number of likely N-dealkylation sites (tertiary alicyclic amines) is 1. The summed E-state index contributed by atoms with van der Waals surface area (Å²) in [7, 11) is 0. The Labute approximate surface area is 146 Å². The number of amides is 1. The Morgan fingerprint density at radius 2 is 1.84 bits per heavy atom. The summed E-state index contributed by atoms with van der Waals surface area (Å²) >= 11 is 0. The molecule has 1 aromatic heterocycles. The molecular formula is C19H20N2O4. The van der Waals surface area contributed by atoms with Crippen molar-refractivity contribution in [2.24, 2.45) is 5.92 Å². The molecule has 0 spiro atoms. The number of carboxylic acid groups (broad SMARTS) is 1. The molecule has 6 nitrogen and oxygen atoms in total. The third-order valence-electron chi connectivity index (χ3n) is 4.27. The molecule has 0 bridgehead atoms. The van der Waals surface area contributed by atoms with Gasteiger partial charge in [-0.05, 0) is 30.2 Å². The smallest absolute Gasteiger partial charge is 0.326 e. The van der Waals surface area contributed by atoms with Crippen LogP contribution in [0.3, 0.4) is 0 Å². The van der Waals surface area contributed by atoms with Crippen molar-refractivity contribution in [3.05, 3.63) is 60.4 Å². The molecule has 3 rings (SSSR count). The van der Waals surface area contributed by atoms with Gasteiger partial charge in [-0.1, -0.05) is 38.1 Å². The normalized spacial score (nSPS) is 20.9. The number of carboxylic acids is 1. The maximum absolute atomic E-state index is 12.7. The number of para-hydroxylation sites is 1. The van der Waals surface area contributed by atoms with Crippen LogP contribution in [0.4, 0.5) is 0 Å². The summed E-state index contributed by atoms with van der Waals surface area (Å²) in [6.45, 7) is 3.57. The first-order chi connectivity index (χ1) is 12.0. The summed E-state index contributed by atoms with van der Waals surface area (Å²) < 4.78 is 5.85. The van der Waals surface area contributed by atoms with Gasteiger partial charge in [0.05, 0.1) is 5.69 Å². The fourth-order valence-corrected chi connectivity index (χ4v) is 3.13. The molecule has 1 saturated heterocycles. The van der Waals surface area contributed by atoms with E-state index in [9.17, 15) is 14.7 Å². The Morgan fingerprint density at radius 3 is 2.40 bits per heavy atom. The monoisotopic (exact) mass is 340 g/mol. The minimum atomic E-state index is -1.03. The first-order valence-electron chi connectivity index (χ1n) is 8.18. The van der Waals surface area contributed by atoms with Gasteiger partial charge in [-0.25, -0.2) is 4.79 Å². The number of pyridine rings is 1. The van der Waals surface area contributed by atoms with Crippen molar-refractivity contribution in [3.8, 4) is 5.75 Å². The number of ether oxygens (including phenoxy) is 1. The van der Waals surface area contributed by atoms with E-state index in [-0.39, 0.29) is 11.8 Å². The van der Waals surface area contributed by atoms with Crippen LogP contribution < -0.4 is 4.74 Å². The number of hydrogen-bond donors (Lipinski definition) is 1. The lowest BCUT2D eigenvalue weighted by Gasteiger charge is -2.49. The van der Waals surface area contributed by atoms with E-state index < -0.39 is 24.2 Å². The average Bonchev–Trinajstić information content (AvgIpc) is 2.61. The summed E-state index contributed by atoms with van der Waals surface area (Å²) in [4.78, 5) is 30.1. The van der Waals surface area contributed by atoms with Gasteiger partial charge in [0.25, 0.3) is 5.91 Å². The number of aliphatic carboxylic acids is 1. The molecule has 25 heavy (non-hydrogen) atoms. The lowest BCUT2D eigenvalue weighted by atomic mass is 9.88. The fraction of sp³-hybridized carbons (Fsp3) is 0.316. The van der Waals surface area contributed by atoms with Gasteiger partial charge in [-0.2, -0.15) is 0 Å². The third kappa shape index (κ3) is 3.20. The number of hydrogen-bond acceptors (Lipinski definition) is 4. The maximum atomic E-state index is 12.7. The minimum Gasteiger partial charge on any atom is -0.480 e. The molecule has 0 saturated carbocycles. The van der Waals surface area contributed by atoms with Crippen LogP contribution >= 0.6 is 0 Å². The highest BCUT2D eigenvalue weighted by atomic mass is 16.5. The molecular weight excluding hydrogens is 320 g/mol. The van der Waals surface area contributed by atoms with E-state index >= 15 is 0 Å². The molecule has 1 amide bonds. The Balaban J connectivity index is 1.94. The second-order valence-electron chi connectivity index (χ2n) is 6.32. The van der Waals surface area contributed by atoms with E-state index in [0.29, 0.717) is 11.4 Å². The van der Waals surface area contributed by atoms with Gasteiger partial charge in [0.2, 0.25) is 6.10 Å². The molecule has 1 aromatic carbocycles. The molecule has 3 atom stereocenters. The van der Waals surface area contributed by atoms with Crippen LogP contribution in [0.15, 0.2) is 54.7 Å². The minimum absolute atomic E-state index is 0.231. The Morgan fingerprint density at radius 1 is 1.16 bits per heavy atom. The van der Waals surface area contributed by atoms with Crippen LogP contribution in [0.1, 0.15) is 25.6 Å². The molecule has 2 aromatic rings. The number of rotatable bonds is 6. The zero-order valence-electron chi connectivity index (χ0n) is 14.1. The lowest BCUT2D eigenvalue weighted by molar-refractivity contribution is -0.179. The zero-order chi connectivity index (χ0) is 18.0. The Hall–Kier alpha value is -2.89. The number of benzene rings is 1. The lowest BCUT2D eigenvalue weighted by Crippen LogP contribution is -2.67. The maximum Gasteiger partial charge on any atom is 0.326 e. The second kappa shape index (κ2) is 6.93. The van der Waals surface area contributed by atoms with Crippen molar-refractivity contribution in [1.82, 2.24) is 9.88 Å². The molecule has 0 radical (unpaired) electrons. The Bertz CT molecular complexity index is 749. The summed E-state index contributed by atoms with van der Waals surface area (Å²) in [5.74, 6) is -1.02. The van der Waals surface area contributed by atoms with Crippen LogP contribution in [0, 0.1) is 5.92 Å². The second-order valence-corrected chi connectivity index (χ2v) is 6.32. The van der Waals surface area contributed by atoms with Gasteiger partial charge in [0.15, 0.2) is 0 Å². The molecule has 0 unspecified atom stereocenters. The van der Waals surface area contributed by atoms with Gasteiger partial charge in [-0.15, -0.1) is 0 Å². The van der Waals surface area contributed by atoms with Crippen molar-refractivity contribution in [2.75, 3.05) is 0 Å². The molecule has 6 heteroatoms. The summed E-state index contributed by atoms with van der Waals surface area (Å²) in [5.41, 5.74) is 0.620. The first kappa shape index (κ1) is 17.0. The van der Waals surface area contributed by atoms with Gasteiger partial charge in [0, 0.05) is 6.20 Å². The van der Waals surface area contributed by atoms with Crippen LogP contribution in [0.2, 0.25) is 0 Å². The number of carbonyl (C=O) groups is 2. The van der Waals surface area contributed by atoms with Crippen molar-refractivity contribution in [3.63, 3.8) is 0 Å². The molecule has 1 N–H and O–H groups in total. The number of aromatic nitrogens is 1. The Kier molecular flexibility index (Phi) is 4.70.